The largest absolute Gasteiger partial charge is 0.632 e. The minimum Gasteiger partial charge on any atom is -0.632 e. The van der Waals surface area contributed by atoms with Crippen molar-refractivity contribution in [3.05, 3.63) is 69.9 Å². The van der Waals surface area contributed by atoms with Crippen LogP contribution < -0.4 is 15.1 Å². The highest BCUT2D eigenvalue weighted by molar-refractivity contribution is 5.46. The summed E-state index contributed by atoms with van der Waals surface area (Å²) >= 11 is 0. The highest BCUT2D eigenvalue weighted by Crippen LogP contribution is 2.40. The van der Waals surface area contributed by atoms with Gasteiger partial charge in [0.2, 0.25) is 6.17 Å². The predicted molar refractivity (Wildman–Crippen MR) is 109 cm³/mol. The fourth-order valence-electron chi connectivity index (χ4n) is 4.29. The quantitative estimate of drug-likeness (QED) is 0.627. The maximum Gasteiger partial charge on any atom is 0.204 e. The summed E-state index contributed by atoms with van der Waals surface area (Å²) in [6.07, 6.45) is 3.42. The summed E-state index contributed by atoms with van der Waals surface area (Å²) in [7, 11) is 0. The molecule has 1 saturated carbocycles. The lowest BCUT2D eigenvalue weighted by molar-refractivity contribution is -0.876. The van der Waals surface area contributed by atoms with E-state index in [2.05, 4.69) is 54.4 Å². The lowest BCUT2D eigenvalue weighted by Crippen LogP contribution is -3.15. The molecular formula is C24H26N2O2. The number of hydroxylamine groups is 2. The molecule has 4 atom stereocenters. The Bertz CT molecular complexity index is 924. The second-order valence-corrected chi connectivity index (χ2v) is 8.37. The topological polar surface area (TPSA) is 48.8 Å². The summed E-state index contributed by atoms with van der Waals surface area (Å²) in [4.78, 5) is 0. The minimum absolute atomic E-state index is 0.188. The highest BCUT2D eigenvalue weighted by Gasteiger charge is 2.28. The van der Waals surface area contributed by atoms with Crippen LogP contribution in [0.4, 0.5) is 0 Å². The van der Waals surface area contributed by atoms with Crippen molar-refractivity contribution in [3.8, 4) is 17.6 Å². The summed E-state index contributed by atoms with van der Waals surface area (Å²) < 4.78 is 5.74. The van der Waals surface area contributed by atoms with E-state index < -0.39 is 0 Å². The van der Waals surface area contributed by atoms with Crippen LogP contribution in [-0.2, 0) is 6.42 Å². The summed E-state index contributed by atoms with van der Waals surface area (Å²) in [5.74, 6) is 8.30. The second kappa shape index (κ2) is 7.25. The number of rotatable bonds is 2. The monoisotopic (exact) mass is 374 g/mol. The Morgan fingerprint density at radius 1 is 1.07 bits per heavy atom. The molecule has 3 aliphatic rings. The first kappa shape index (κ1) is 17.8. The lowest BCUT2D eigenvalue weighted by Gasteiger charge is -2.37. The van der Waals surface area contributed by atoms with Gasteiger partial charge in [0, 0.05) is 24.4 Å². The summed E-state index contributed by atoms with van der Waals surface area (Å²) in [5, 5.41) is 16.2. The smallest absolute Gasteiger partial charge is 0.204 e. The van der Waals surface area contributed by atoms with E-state index in [1.54, 1.807) is 0 Å². The van der Waals surface area contributed by atoms with Crippen LogP contribution in [-0.4, -0.2) is 25.4 Å². The number of fused-ring (bicyclic) bond motifs is 1. The van der Waals surface area contributed by atoms with Gasteiger partial charge in [0.05, 0.1) is 6.54 Å². The van der Waals surface area contributed by atoms with Crippen LogP contribution in [0.15, 0.2) is 42.5 Å². The standard InChI is InChI=1S/C24H26N2O2/c1-16-12-21-13-17(2-10-23(21)28-16)3-11-24-25-14-22(15-26(24)27)20-8-6-19(7-9-20)18-4-5-18/h2,6-10,13,16,18,22,24-26H,4-5,12,14-15H2,1H3. The molecule has 0 spiro atoms. The van der Waals surface area contributed by atoms with Gasteiger partial charge in [-0.3, -0.25) is 5.32 Å². The van der Waals surface area contributed by atoms with Gasteiger partial charge in [-0.1, -0.05) is 30.2 Å². The Morgan fingerprint density at radius 2 is 1.82 bits per heavy atom. The first-order chi connectivity index (χ1) is 13.7. The predicted octanol–water partition coefficient (Wildman–Crippen LogP) is 2.33. The maximum absolute atomic E-state index is 12.6. The third-order valence-electron chi connectivity index (χ3n) is 6.05. The molecule has 4 heteroatoms. The number of quaternary nitrogens is 1. The van der Waals surface area contributed by atoms with E-state index in [9.17, 15) is 5.21 Å². The van der Waals surface area contributed by atoms with Gasteiger partial charge < -0.3 is 15.0 Å². The van der Waals surface area contributed by atoms with Crippen molar-refractivity contribution in [2.45, 2.75) is 50.3 Å². The van der Waals surface area contributed by atoms with E-state index in [1.165, 1.54) is 29.5 Å². The van der Waals surface area contributed by atoms with Crippen LogP contribution >= 0.6 is 0 Å². The van der Waals surface area contributed by atoms with Crippen molar-refractivity contribution in [1.82, 2.24) is 5.32 Å². The number of nitrogens with one attached hydrogen (secondary N) is 2. The Labute approximate surface area is 166 Å². The maximum atomic E-state index is 12.6. The van der Waals surface area contributed by atoms with Gasteiger partial charge in [0.25, 0.3) is 0 Å². The van der Waals surface area contributed by atoms with Crippen LogP contribution in [0.5, 0.6) is 5.75 Å². The number of hydrogen-bond donors (Lipinski definition) is 2. The zero-order chi connectivity index (χ0) is 19.1. The molecule has 28 heavy (non-hydrogen) atoms. The molecule has 2 N–H and O–H groups in total. The minimum atomic E-state index is -0.370. The molecule has 0 amide bonds. The van der Waals surface area contributed by atoms with Crippen LogP contribution in [0.2, 0.25) is 0 Å². The fraction of sp³-hybridized carbons (Fsp3) is 0.417. The Hall–Kier alpha value is -2.32. The first-order valence-corrected chi connectivity index (χ1v) is 10.3. The molecular weight excluding hydrogens is 348 g/mol. The third-order valence-corrected chi connectivity index (χ3v) is 6.05. The van der Waals surface area contributed by atoms with Crippen LogP contribution in [0.25, 0.3) is 0 Å². The third kappa shape index (κ3) is 3.66. The molecule has 2 aromatic rings. The molecule has 4 unspecified atom stereocenters. The zero-order valence-corrected chi connectivity index (χ0v) is 16.2. The number of hydrogen-bond acceptors (Lipinski definition) is 3. The molecule has 2 aromatic carbocycles. The molecule has 2 fully saturated rings. The second-order valence-electron chi connectivity index (χ2n) is 8.37. The molecule has 1 saturated heterocycles. The Balaban J connectivity index is 1.23. The summed E-state index contributed by atoms with van der Waals surface area (Å²) in [6, 6.07) is 14.9. The number of ether oxygens (including phenoxy) is 1. The molecule has 144 valence electrons. The normalized spacial score (nSPS) is 28.8. The molecule has 5 rings (SSSR count). The van der Waals surface area contributed by atoms with E-state index in [0.29, 0.717) is 6.54 Å². The van der Waals surface area contributed by atoms with E-state index in [0.717, 1.165) is 30.2 Å². The van der Waals surface area contributed by atoms with Crippen molar-refractivity contribution in [2.75, 3.05) is 13.1 Å². The van der Waals surface area contributed by atoms with E-state index in [1.807, 2.05) is 12.1 Å². The Morgan fingerprint density at radius 3 is 2.54 bits per heavy atom. The fourth-order valence-corrected chi connectivity index (χ4v) is 4.29. The molecule has 2 heterocycles. The van der Waals surface area contributed by atoms with E-state index in [-0.39, 0.29) is 23.3 Å². The average molecular weight is 374 g/mol. The SMILES string of the molecule is CC1Cc2cc(C#CC3NCC(c4ccc(C5CC5)cc4)C[NH+]3[O-])ccc2O1. The van der Waals surface area contributed by atoms with Crippen molar-refractivity contribution in [1.29, 1.82) is 0 Å². The van der Waals surface area contributed by atoms with Gasteiger partial charge in [-0.25, -0.2) is 0 Å². The van der Waals surface area contributed by atoms with Gasteiger partial charge in [-0.2, -0.15) is 0 Å². The van der Waals surface area contributed by atoms with Gasteiger partial charge >= 0.3 is 0 Å². The molecule has 2 aliphatic heterocycles. The van der Waals surface area contributed by atoms with Crippen molar-refractivity contribution >= 4 is 0 Å². The van der Waals surface area contributed by atoms with Crippen molar-refractivity contribution in [2.24, 2.45) is 0 Å². The molecule has 1 aliphatic carbocycles. The van der Waals surface area contributed by atoms with Gasteiger partial charge in [-0.15, -0.1) is 0 Å². The van der Waals surface area contributed by atoms with Gasteiger partial charge in [0.15, 0.2) is 0 Å². The van der Waals surface area contributed by atoms with E-state index >= 15 is 0 Å². The van der Waals surface area contributed by atoms with Crippen molar-refractivity contribution in [3.63, 3.8) is 0 Å². The van der Waals surface area contributed by atoms with E-state index in [4.69, 9.17) is 4.74 Å². The van der Waals surface area contributed by atoms with Gasteiger partial charge in [0.1, 0.15) is 11.9 Å². The van der Waals surface area contributed by atoms with Crippen molar-refractivity contribution < 1.29 is 9.80 Å². The average Bonchev–Trinajstić information content (AvgIpc) is 3.48. The number of benzene rings is 2. The zero-order valence-electron chi connectivity index (χ0n) is 16.2. The molecule has 0 aromatic heterocycles. The Kier molecular flexibility index (Phi) is 4.60. The molecule has 0 radical (unpaired) electrons. The summed E-state index contributed by atoms with van der Waals surface area (Å²) in [5.41, 5.74) is 4.85. The van der Waals surface area contributed by atoms with Crippen LogP contribution in [0, 0.1) is 17.0 Å². The van der Waals surface area contributed by atoms with Crippen LogP contribution in [0.3, 0.4) is 0 Å². The highest BCUT2D eigenvalue weighted by atomic mass is 16.5. The van der Waals surface area contributed by atoms with Crippen LogP contribution in [0.1, 0.15) is 53.9 Å². The molecule has 0 bridgehead atoms. The molecule has 4 nitrogen and oxygen atoms in total. The summed E-state index contributed by atoms with van der Waals surface area (Å²) in [6.45, 7) is 3.43. The first-order valence-electron chi connectivity index (χ1n) is 10.3. The lowest BCUT2D eigenvalue weighted by atomic mass is 9.95. The van der Waals surface area contributed by atoms with Gasteiger partial charge in [-0.05, 0) is 66.5 Å².